The maximum atomic E-state index is 15.6. The first-order chi connectivity index (χ1) is 19.7. The number of aliphatic imine (C=N–C) groups is 1. The number of rotatable bonds is 8. The van der Waals surface area contributed by atoms with Crippen LogP contribution in [0.3, 0.4) is 0 Å². The molecule has 0 spiro atoms. The molecule has 3 aromatic carbocycles. The van der Waals surface area contributed by atoms with Crippen molar-refractivity contribution in [2.45, 2.75) is 30.5 Å². The summed E-state index contributed by atoms with van der Waals surface area (Å²) in [4.78, 5) is 33.0. The highest BCUT2D eigenvalue weighted by molar-refractivity contribution is 6.31. The van der Waals surface area contributed by atoms with Gasteiger partial charge in [-0.25, -0.2) is 9.18 Å². The first-order valence-electron chi connectivity index (χ1n) is 13.0. The van der Waals surface area contributed by atoms with Gasteiger partial charge in [0.05, 0.1) is 36.4 Å². The van der Waals surface area contributed by atoms with E-state index in [1.807, 2.05) is 4.90 Å². The Bertz CT molecular complexity index is 1520. The molecule has 41 heavy (non-hydrogen) atoms. The van der Waals surface area contributed by atoms with Crippen LogP contribution in [-0.4, -0.2) is 68.0 Å². The van der Waals surface area contributed by atoms with E-state index in [2.05, 4.69) is 5.32 Å². The van der Waals surface area contributed by atoms with Gasteiger partial charge < -0.3 is 20.5 Å². The highest BCUT2D eigenvalue weighted by Gasteiger charge is 2.55. The van der Waals surface area contributed by atoms with Crippen molar-refractivity contribution in [3.8, 4) is 0 Å². The zero-order valence-electron chi connectivity index (χ0n) is 22.4. The van der Waals surface area contributed by atoms with Crippen molar-refractivity contribution < 1.29 is 23.5 Å². The van der Waals surface area contributed by atoms with Gasteiger partial charge in [-0.05, 0) is 42.0 Å². The summed E-state index contributed by atoms with van der Waals surface area (Å²) in [7, 11) is 2.89. The Morgan fingerprint density at radius 3 is 2.61 bits per heavy atom. The molecule has 2 aliphatic rings. The van der Waals surface area contributed by atoms with Gasteiger partial charge in [-0.15, -0.1) is 0 Å². The number of esters is 1. The number of anilines is 2. The van der Waals surface area contributed by atoms with E-state index in [0.717, 1.165) is 0 Å². The summed E-state index contributed by atoms with van der Waals surface area (Å²) in [6.07, 6.45) is 0.454. The predicted molar refractivity (Wildman–Crippen MR) is 158 cm³/mol. The number of ether oxygens (including phenoxy) is 2. The van der Waals surface area contributed by atoms with Crippen LogP contribution in [0.1, 0.15) is 33.8 Å². The van der Waals surface area contributed by atoms with Crippen molar-refractivity contribution in [2.75, 3.05) is 38.4 Å². The molecule has 1 unspecified atom stereocenters. The summed E-state index contributed by atoms with van der Waals surface area (Å²) in [5.41, 5.74) is 9.25. The molecule has 5 rings (SSSR count). The number of amides is 1. The Labute approximate surface area is 247 Å². The third kappa shape index (κ3) is 5.67. The first-order valence-corrected chi connectivity index (χ1v) is 13.8. The molecule has 11 heteroatoms. The average molecular weight is 599 g/mol. The molecule has 3 N–H and O–H groups in total. The molecule has 3 aromatic rings. The summed E-state index contributed by atoms with van der Waals surface area (Å²) in [5, 5.41) is 3.40. The fraction of sp³-hybridized carbons (Fsp3) is 0.300. The molecular formula is C30H29Cl2FN4O4. The lowest BCUT2D eigenvalue weighted by molar-refractivity contribution is -0.121. The van der Waals surface area contributed by atoms with Gasteiger partial charge in [0.1, 0.15) is 5.82 Å². The number of methoxy groups -OCH3 is 2. The van der Waals surface area contributed by atoms with Crippen molar-refractivity contribution in [1.29, 1.82) is 0 Å². The number of nitrogens with one attached hydrogen (secondary N) is 1. The zero-order valence-corrected chi connectivity index (χ0v) is 24.0. The number of halogens is 3. The number of carbonyl (C=O) groups is 2. The maximum Gasteiger partial charge on any atom is 0.337 e. The molecule has 1 amide bonds. The molecule has 1 fully saturated rings. The second kappa shape index (κ2) is 12.2. The van der Waals surface area contributed by atoms with Crippen LogP contribution in [0.15, 0.2) is 65.7 Å². The van der Waals surface area contributed by atoms with E-state index in [4.69, 9.17) is 43.4 Å². The first kappa shape index (κ1) is 29.0. The van der Waals surface area contributed by atoms with Crippen molar-refractivity contribution in [1.82, 2.24) is 4.90 Å². The summed E-state index contributed by atoms with van der Waals surface area (Å²) >= 11 is 12.4. The van der Waals surface area contributed by atoms with E-state index in [1.165, 1.54) is 13.2 Å². The van der Waals surface area contributed by atoms with Crippen LogP contribution in [0.4, 0.5) is 15.8 Å². The second-order valence-electron chi connectivity index (χ2n) is 9.98. The molecule has 0 aromatic heterocycles. The Balaban J connectivity index is 1.58. The SMILES string of the molecule is COCCN1C2CC(c3ccc(C(=O)OC)cc3N)=N[C@H]2[C@H](c2cccc(Cl)c2F)[C@@H]1C(=O)Nc1cccc(Cl)c1. The van der Waals surface area contributed by atoms with Gasteiger partial charge in [-0.3, -0.25) is 14.7 Å². The number of fused-ring (bicyclic) bond motifs is 1. The van der Waals surface area contributed by atoms with Crippen molar-refractivity contribution in [3.63, 3.8) is 0 Å². The lowest BCUT2D eigenvalue weighted by Gasteiger charge is -2.30. The Morgan fingerprint density at radius 2 is 1.90 bits per heavy atom. The number of nitrogen functional groups attached to an aromatic ring is 1. The van der Waals surface area contributed by atoms with E-state index in [-0.39, 0.29) is 17.0 Å². The van der Waals surface area contributed by atoms with Crippen molar-refractivity contribution in [2.24, 2.45) is 4.99 Å². The molecule has 0 aliphatic carbocycles. The fourth-order valence-corrected chi connectivity index (χ4v) is 6.22. The zero-order chi connectivity index (χ0) is 29.3. The molecule has 1 saturated heterocycles. The molecule has 4 atom stereocenters. The molecule has 214 valence electrons. The lowest BCUT2D eigenvalue weighted by Crippen LogP contribution is -2.47. The third-order valence-corrected chi connectivity index (χ3v) is 8.16. The smallest absolute Gasteiger partial charge is 0.337 e. The minimum atomic E-state index is -0.781. The van der Waals surface area contributed by atoms with Gasteiger partial charge in [0, 0.05) is 59.7 Å². The van der Waals surface area contributed by atoms with Crippen LogP contribution in [0.25, 0.3) is 0 Å². The quantitative estimate of drug-likeness (QED) is 0.273. The number of hydrogen-bond donors (Lipinski definition) is 2. The maximum absolute atomic E-state index is 15.6. The third-order valence-electron chi connectivity index (χ3n) is 7.63. The largest absolute Gasteiger partial charge is 0.465 e. The van der Waals surface area contributed by atoms with Crippen LogP contribution in [0.5, 0.6) is 0 Å². The van der Waals surface area contributed by atoms with Crippen LogP contribution in [0.2, 0.25) is 10.0 Å². The molecule has 0 bridgehead atoms. The Hall–Kier alpha value is -3.50. The molecular weight excluding hydrogens is 570 g/mol. The molecule has 0 radical (unpaired) electrons. The summed E-state index contributed by atoms with van der Waals surface area (Å²) in [6, 6.07) is 15.0. The molecule has 8 nitrogen and oxygen atoms in total. The minimum absolute atomic E-state index is 0.0340. The number of likely N-dealkylation sites (tertiary alicyclic amines) is 1. The lowest BCUT2D eigenvalue weighted by atomic mass is 9.86. The highest BCUT2D eigenvalue weighted by atomic mass is 35.5. The van der Waals surface area contributed by atoms with Crippen LogP contribution >= 0.6 is 23.2 Å². The Kier molecular flexibility index (Phi) is 8.60. The van der Waals surface area contributed by atoms with Crippen LogP contribution < -0.4 is 11.1 Å². The van der Waals surface area contributed by atoms with E-state index in [1.54, 1.807) is 61.7 Å². The minimum Gasteiger partial charge on any atom is -0.465 e. The van der Waals surface area contributed by atoms with Crippen molar-refractivity contribution >= 4 is 52.2 Å². The molecule has 2 heterocycles. The van der Waals surface area contributed by atoms with Gasteiger partial charge in [0.15, 0.2) is 0 Å². The number of nitrogens with zero attached hydrogens (tertiary/aromatic N) is 2. The summed E-state index contributed by atoms with van der Waals surface area (Å²) < 4.78 is 25.8. The topological polar surface area (TPSA) is 106 Å². The second-order valence-corrected chi connectivity index (χ2v) is 10.8. The summed E-state index contributed by atoms with van der Waals surface area (Å²) in [5.74, 6) is -2.06. The van der Waals surface area contributed by atoms with Gasteiger partial charge in [0.2, 0.25) is 5.91 Å². The van der Waals surface area contributed by atoms with Gasteiger partial charge in [-0.1, -0.05) is 47.5 Å². The van der Waals surface area contributed by atoms with Crippen LogP contribution in [0, 0.1) is 5.82 Å². The average Bonchev–Trinajstić information content (AvgIpc) is 3.50. The molecule has 2 aliphatic heterocycles. The van der Waals surface area contributed by atoms with Crippen LogP contribution in [-0.2, 0) is 14.3 Å². The fourth-order valence-electron chi connectivity index (χ4n) is 5.85. The van der Waals surface area contributed by atoms with Gasteiger partial charge in [-0.2, -0.15) is 0 Å². The monoisotopic (exact) mass is 598 g/mol. The standard InChI is InChI=1S/C30H29Cl2FN4O4/c1-40-12-11-37-24-15-23(19-10-9-16(13-22(19)34)30(39)41-2)36-27(24)25(20-7-4-8-21(32)26(20)33)28(37)29(38)35-18-6-3-5-17(31)14-18/h3-10,13-14,24-25,27-28H,11-12,15,34H2,1-2H3,(H,35,38)/t24?,25-,27+,28+/m0/s1. The normalized spacial score (nSPS) is 21.8. The van der Waals surface area contributed by atoms with Crippen molar-refractivity contribution in [3.05, 3.63) is 93.2 Å². The van der Waals surface area contributed by atoms with E-state index >= 15 is 4.39 Å². The Morgan fingerprint density at radius 1 is 1.12 bits per heavy atom. The summed E-state index contributed by atoms with van der Waals surface area (Å²) in [6.45, 7) is 0.754. The number of benzene rings is 3. The predicted octanol–water partition coefficient (Wildman–Crippen LogP) is 5.18. The van der Waals surface area contributed by atoms with Gasteiger partial charge in [0.25, 0.3) is 0 Å². The number of hydrogen-bond acceptors (Lipinski definition) is 7. The molecule has 0 saturated carbocycles. The highest BCUT2D eigenvalue weighted by Crippen LogP contribution is 2.46. The van der Waals surface area contributed by atoms with Gasteiger partial charge >= 0.3 is 5.97 Å². The van der Waals surface area contributed by atoms with E-state index < -0.39 is 29.8 Å². The number of carbonyl (C=O) groups excluding carboxylic acids is 2. The van der Waals surface area contributed by atoms with E-state index in [9.17, 15) is 9.59 Å². The van der Waals surface area contributed by atoms with E-state index in [0.29, 0.717) is 58.4 Å². The number of nitrogens with two attached hydrogens (primary N) is 1.